The van der Waals surface area contributed by atoms with E-state index in [1.165, 1.54) is 23.0 Å². The van der Waals surface area contributed by atoms with Crippen LogP contribution < -0.4 is 15.3 Å². The van der Waals surface area contributed by atoms with E-state index < -0.39 is 17.7 Å². The van der Waals surface area contributed by atoms with E-state index in [1.54, 1.807) is 31.3 Å². The molecule has 3 rings (SSSR count). The Morgan fingerprint density at radius 1 is 1.27 bits per heavy atom. The molecule has 2 heterocycles. The zero-order chi connectivity index (χ0) is 18.5. The summed E-state index contributed by atoms with van der Waals surface area (Å²) >= 11 is 0. The topological polar surface area (TPSA) is 83.9 Å². The molecule has 1 aromatic carbocycles. The molecule has 2 aromatic heterocycles. The lowest BCUT2D eigenvalue weighted by Crippen LogP contribution is -2.40. The van der Waals surface area contributed by atoms with Crippen LogP contribution in [-0.2, 0) is 6.42 Å². The maximum Gasteiger partial charge on any atom is 0.327 e. The smallest absolute Gasteiger partial charge is 0.292 e. The fraction of sp³-hybridized carbons (Fsp3) is 0.176. The quantitative estimate of drug-likeness (QED) is 0.685. The number of nitrogens with zero attached hydrogens (tertiary/aromatic N) is 3. The Bertz CT molecular complexity index is 901. The maximum atomic E-state index is 13.7. The molecule has 0 radical (unpaired) electrons. The van der Waals surface area contributed by atoms with Crippen molar-refractivity contribution in [2.24, 2.45) is 0 Å². The van der Waals surface area contributed by atoms with Crippen molar-refractivity contribution in [3.63, 3.8) is 0 Å². The van der Waals surface area contributed by atoms with Crippen LogP contribution in [0.5, 0.6) is 0 Å². The number of carbonyl (C=O) groups excluding carboxylic acids is 1. The maximum absolute atomic E-state index is 13.7. The summed E-state index contributed by atoms with van der Waals surface area (Å²) in [4.78, 5) is 15.9. The highest BCUT2D eigenvalue weighted by Crippen LogP contribution is 2.15. The van der Waals surface area contributed by atoms with Crippen LogP contribution in [0.1, 0.15) is 18.5 Å². The molecular weight excluding hydrogens is 344 g/mol. The van der Waals surface area contributed by atoms with E-state index in [0.717, 1.165) is 6.07 Å². The molecular formula is C17H16F2N5O2+. The first-order valence-corrected chi connectivity index (χ1v) is 7.82. The first kappa shape index (κ1) is 17.5. The minimum Gasteiger partial charge on any atom is -0.292 e. The van der Waals surface area contributed by atoms with Crippen molar-refractivity contribution in [1.29, 1.82) is 0 Å². The number of aromatic nitrogens is 3. The van der Waals surface area contributed by atoms with Crippen molar-refractivity contribution < 1.29 is 22.8 Å². The number of urea groups is 1. The van der Waals surface area contributed by atoms with Crippen LogP contribution >= 0.6 is 0 Å². The molecule has 1 atom stereocenters. The Morgan fingerprint density at radius 2 is 2.12 bits per heavy atom. The molecule has 0 saturated heterocycles. The molecule has 0 saturated carbocycles. The van der Waals surface area contributed by atoms with Crippen molar-refractivity contribution in [1.82, 2.24) is 10.3 Å². The van der Waals surface area contributed by atoms with Crippen LogP contribution in [0.3, 0.4) is 0 Å². The molecule has 0 bridgehead atoms. The average molecular weight is 360 g/mol. The highest BCUT2D eigenvalue weighted by atomic mass is 19.1. The minimum absolute atomic E-state index is 0.116. The van der Waals surface area contributed by atoms with Gasteiger partial charge in [-0.3, -0.25) is 15.2 Å². The van der Waals surface area contributed by atoms with Crippen LogP contribution in [-0.4, -0.2) is 16.3 Å². The Labute approximate surface area is 147 Å². The number of pyridine rings is 1. The lowest BCUT2D eigenvalue weighted by atomic mass is 10.1. The number of benzene rings is 1. The van der Waals surface area contributed by atoms with Gasteiger partial charge in [-0.05, 0) is 28.4 Å². The standard InChI is InChI=1S/C17H15F2N5O2/c1-11(8-12-5-6-13(18)9-14(12)19)24-10-16(26-23-24)22-17(25)21-15-4-2-3-7-20-15/h2-7,9-11H,8H2,1H3,(H-,20,21,22,23,25)/p+1. The molecule has 7 nitrogen and oxygen atoms in total. The molecule has 0 spiro atoms. The summed E-state index contributed by atoms with van der Waals surface area (Å²) in [6, 6.07) is 7.73. The molecule has 26 heavy (non-hydrogen) atoms. The molecule has 134 valence electrons. The summed E-state index contributed by atoms with van der Waals surface area (Å²) in [5, 5.41) is 8.83. The van der Waals surface area contributed by atoms with Gasteiger partial charge in [-0.1, -0.05) is 12.1 Å². The van der Waals surface area contributed by atoms with Gasteiger partial charge in [0.2, 0.25) is 5.27 Å². The van der Waals surface area contributed by atoms with Crippen molar-refractivity contribution in [3.05, 3.63) is 66.0 Å². The molecule has 0 fully saturated rings. The van der Waals surface area contributed by atoms with Gasteiger partial charge in [0.05, 0.1) is 0 Å². The van der Waals surface area contributed by atoms with Gasteiger partial charge < -0.3 is 0 Å². The first-order chi connectivity index (χ1) is 12.5. The molecule has 2 N–H and O–H groups in total. The summed E-state index contributed by atoms with van der Waals surface area (Å²) in [6.45, 7) is 1.79. The predicted molar refractivity (Wildman–Crippen MR) is 88.3 cm³/mol. The molecule has 9 heteroatoms. The second kappa shape index (κ2) is 7.68. The van der Waals surface area contributed by atoms with Crippen molar-refractivity contribution in [2.75, 3.05) is 10.6 Å². The largest absolute Gasteiger partial charge is 0.327 e. The van der Waals surface area contributed by atoms with E-state index in [4.69, 9.17) is 4.52 Å². The normalized spacial score (nSPS) is 11.8. The SMILES string of the molecule is CC(Cc1ccc(F)cc1F)[n+]1cc(NC(=O)Nc2ccccn2)on1. The molecule has 0 aliphatic carbocycles. The Morgan fingerprint density at radius 3 is 2.85 bits per heavy atom. The van der Waals surface area contributed by atoms with Gasteiger partial charge in [0.1, 0.15) is 17.5 Å². The number of hydrogen-bond acceptors (Lipinski definition) is 4. The van der Waals surface area contributed by atoms with Gasteiger partial charge in [-0.15, -0.1) is 0 Å². The average Bonchev–Trinajstić information content (AvgIpc) is 3.06. The molecule has 3 aromatic rings. The number of nitrogens with one attached hydrogen (secondary N) is 2. The van der Waals surface area contributed by atoms with Crippen LogP contribution in [0.4, 0.5) is 25.3 Å². The molecule has 0 aliphatic rings. The fourth-order valence-corrected chi connectivity index (χ4v) is 2.32. The van der Waals surface area contributed by atoms with Gasteiger partial charge >= 0.3 is 11.9 Å². The minimum atomic E-state index is -0.626. The summed E-state index contributed by atoms with van der Waals surface area (Å²) < 4.78 is 33.2. The number of rotatable bonds is 5. The van der Waals surface area contributed by atoms with Gasteiger partial charge in [-0.2, -0.15) is 0 Å². The third-order valence-electron chi connectivity index (χ3n) is 3.61. The number of carbonyl (C=O) groups is 1. The second-order valence-electron chi connectivity index (χ2n) is 5.63. The third kappa shape index (κ3) is 4.38. The zero-order valence-corrected chi connectivity index (χ0v) is 13.8. The van der Waals surface area contributed by atoms with Crippen molar-refractivity contribution >= 4 is 17.7 Å². The van der Waals surface area contributed by atoms with Gasteiger partial charge in [-0.25, -0.2) is 18.6 Å². The van der Waals surface area contributed by atoms with E-state index in [-0.39, 0.29) is 18.3 Å². The zero-order valence-electron chi connectivity index (χ0n) is 13.8. The van der Waals surface area contributed by atoms with Crippen LogP contribution in [0.15, 0.2) is 53.3 Å². The van der Waals surface area contributed by atoms with Crippen molar-refractivity contribution in [2.45, 2.75) is 19.4 Å². The third-order valence-corrected chi connectivity index (χ3v) is 3.61. The monoisotopic (exact) mass is 360 g/mol. The van der Waals surface area contributed by atoms with Crippen LogP contribution in [0.25, 0.3) is 0 Å². The van der Waals surface area contributed by atoms with Crippen LogP contribution in [0.2, 0.25) is 0 Å². The molecule has 2 amide bonds. The van der Waals surface area contributed by atoms with E-state index in [9.17, 15) is 13.6 Å². The number of halogens is 2. The summed E-state index contributed by atoms with van der Waals surface area (Å²) in [6.07, 6.45) is 3.31. The van der Waals surface area contributed by atoms with Crippen LogP contribution in [0, 0.1) is 11.6 Å². The van der Waals surface area contributed by atoms with E-state index in [2.05, 4.69) is 20.9 Å². The Balaban J connectivity index is 1.60. The molecule has 1 unspecified atom stereocenters. The van der Waals surface area contributed by atoms with E-state index >= 15 is 0 Å². The van der Waals surface area contributed by atoms with Crippen molar-refractivity contribution in [3.8, 4) is 0 Å². The summed E-state index contributed by atoms with van der Waals surface area (Å²) in [5.74, 6) is -0.741. The first-order valence-electron chi connectivity index (χ1n) is 7.82. The number of amides is 2. The van der Waals surface area contributed by atoms with Gasteiger partial charge in [0.15, 0.2) is 6.04 Å². The van der Waals surface area contributed by atoms with E-state index in [0.29, 0.717) is 11.4 Å². The Hall–Kier alpha value is -3.36. The lowest BCUT2D eigenvalue weighted by Gasteiger charge is -2.04. The predicted octanol–water partition coefficient (Wildman–Crippen LogP) is 3.08. The van der Waals surface area contributed by atoms with E-state index in [1.807, 2.05) is 0 Å². The lowest BCUT2D eigenvalue weighted by molar-refractivity contribution is -0.782. The van der Waals surface area contributed by atoms with Gasteiger partial charge in [0, 0.05) is 25.6 Å². The fourth-order valence-electron chi connectivity index (χ4n) is 2.32. The van der Waals surface area contributed by atoms with Gasteiger partial charge in [0.25, 0.3) is 6.20 Å². The Kier molecular flexibility index (Phi) is 5.16. The number of anilines is 2. The second-order valence-corrected chi connectivity index (χ2v) is 5.63. The molecule has 0 aliphatic heterocycles. The summed E-state index contributed by atoms with van der Waals surface area (Å²) in [5.41, 5.74) is 0.358. The summed E-state index contributed by atoms with van der Waals surface area (Å²) in [7, 11) is 0. The highest BCUT2D eigenvalue weighted by molar-refractivity contribution is 5.97. The highest BCUT2D eigenvalue weighted by Gasteiger charge is 2.22. The number of hydrogen-bond donors (Lipinski definition) is 2.